The lowest BCUT2D eigenvalue weighted by Gasteiger charge is -2.36. The van der Waals surface area contributed by atoms with Crippen molar-refractivity contribution in [2.24, 2.45) is 5.92 Å². The van der Waals surface area contributed by atoms with E-state index >= 15 is 0 Å². The van der Waals surface area contributed by atoms with E-state index in [0.29, 0.717) is 5.92 Å². The van der Waals surface area contributed by atoms with Gasteiger partial charge in [0.15, 0.2) is 0 Å². The first kappa shape index (κ1) is 15.6. The number of hydrogen-bond acceptors (Lipinski definition) is 4. The van der Waals surface area contributed by atoms with Crippen molar-refractivity contribution in [3.05, 3.63) is 23.8 Å². The molecule has 0 aromatic heterocycles. The average Bonchev–Trinajstić information content (AvgIpc) is 2.60. The summed E-state index contributed by atoms with van der Waals surface area (Å²) in [6.07, 6.45) is 3.15. The van der Waals surface area contributed by atoms with Crippen LogP contribution >= 0.6 is 0 Å². The van der Waals surface area contributed by atoms with Gasteiger partial charge in [-0.15, -0.1) is 0 Å². The molecule has 2 aliphatic heterocycles. The van der Waals surface area contributed by atoms with Gasteiger partial charge >= 0.3 is 0 Å². The van der Waals surface area contributed by atoms with E-state index in [1.165, 1.54) is 0 Å². The summed E-state index contributed by atoms with van der Waals surface area (Å²) in [5.41, 5.74) is 2.15. The number of anilines is 1. The van der Waals surface area contributed by atoms with Crippen molar-refractivity contribution >= 4 is 5.69 Å². The topological polar surface area (TPSA) is 44.7 Å². The number of fused-ring (bicyclic) bond motifs is 1. The molecule has 122 valence electrons. The highest BCUT2D eigenvalue weighted by Crippen LogP contribution is 2.38. The summed E-state index contributed by atoms with van der Waals surface area (Å²) in [4.78, 5) is 2.36. The molecule has 3 atom stereocenters. The second kappa shape index (κ2) is 6.88. The smallest absolute Gasteiger partial charge is 0.143 e. The molecule has 1 fully saturated rings. The Morgan fingerprint density at radius 2 is 2.27 bits per heavy atom. The van der Waals surface area contributed by atoms with Crippen molar-refractivity contribution < 1.29 is 9.84 Å². The van der Waals surface area contributed by atoms with Gasteiger partial charge in [0.25, 0.3) is 0 Å². The summed E-state index contributed by atoms with van der Waals surface area (Å²) >= 11 is 0. The van der Waals surface area contributed by atoms with Crippen molar-refractivity contribution in [1.29, 1.82) is 0 Å². The lowest BCUT2D eigenvalue weighted by molar-refractivity contribution is 0.0920. The first-order valence-corrected chi connectivity index (χ1v) is 8.67. The van der Waals surface area contributed by atoms with Crippen LogP contribution in [0.4, 0.5) is 5.69 Å². The minimum atomic E-state index is -0.388. The van der Waals surface area contributed by atoms with Gasteiger partial charge in [-0.05, 0) is 50.4 Å². The highest BCUT2D eigenvalue weighted by Gasteiger charge is 2.27. The third kappa shape index (κ3) is 3.08. The fourth-order valence-corrected chi connectivity index (χ4v) is 3.56. The van der Waals surface area contributed by atoms with Gasteiger partial charge in [-0.1, -0.05) is 13.0 Å². The number of rotatable bonds is 4. The maximum Gasteiger partial charge on any atom is 0.143 e. The maximum atomic E-state index is 10.7. The fourth-order valence-electron chi connectivity index (χ4n) is 3.56. The summed E-state index contributed by atoms with van der Waals surface area (Å²) in [6, 6.07) is 6.20. The van der Waals surface area contributed by atoms with Gasteiger partial charge in [0, 0.05) is 19.0 Å². The van der Waals surface area contributed by atoms with Gasteiger partial charge in [0.1, 0.15) is 11.9 Å². The molecule has 2 heterocycles. The van der Waals surface area contributed by atoms with Gasteiger partial charge < -0.3 is 20.1 Å². The number of nitrogens with zero attached hydrogens (tertiary/aromatic N) is 1. The van der Waals surface area contributed by atoms with E-state index in [0.717, 1.165) is 62.4 Å². The number of hydrogen-bond donors (Lipinski definition) is 2. The largest absolute Gasteiger partial charge is 0.486 e. The van der Waals surface area contributed by atoms with Gasteiger partial charge in [-0.3, -0.25) is 0 Å². The monoisotopic (exact) mass is 304 g/mol. The predicted molar refractivity (Wildman–Crippen MR) is 89.6 cm³/mol. The zero-order chi connectivity index (χ0) is 15.5. The van der Waals surface area contributed by atoms with Crippen LogP contribution in [0.3, 0.4) is 0 Å². The molecule has 1 saturated heterocycles. The number of aliphatic hydroxyl groups is 1. The lowest BCUT2D eigenvalue weighted by atomic mass is 9.89. The summed E-state index contributed by atoms with van der Waals surface area (Å²) in [6.45, 7) is 8.23. The van der Waals surface area contributed by atoms with E-state index in [2.05, 4.69) is 30.1 Å². The normalized spacial score (nSPS) is 26.2. The van der Waals surface area contributed by atoms with Gasteiger partial charge in [-0.2, -0.15) is 0 Å². The van der Waals surface area contributed by atoms with E-state index < -0.39 is 0 Å². The van der Waals surface area contributed by atoms with Gasteiger partial charge in [-0.25, -0.2) is 0 Å². The number of ether oxygens (including phenoxy) is 1. The van der Waals surface area contributed by atoms with Crippen molar-refractivity contribution in [1.82, 2.24) is 5.32 Å². The average molecular weight is 304 g/mol. The minimum absolute atomic E-state index is 0.269. The van der Waals surface area contributed by atoms with E-state index in [1.54, 1.807) is 0 Å². The molecule has 0 amide bonds. The van der Waals surface area contributed by atoms with Crippen LogP contribution in [0.5, 0.6) is 5.75 Å². The van der Waals surface area contributed by atoms with E-state index in [1.807, 2.05) is 12.1 Å². The maximum absolute atomic E-state index is 10.7. The predicted octanol–water partition coefficient (Wildman–Crippen LogP) is 2.72. The minimum Gasteiger partial charge on any atom is -0.486 e. The molecule has 3 unspecified atom stereocenters. The third-order valence-electron chi connectivity index (χ3n) is 5.00. The second-order valence-electron chi connectivity index (χ2n) is 6.47. The molecule has 4 nitrogen and oxygen atoms in total. The first-order valence-electron chi connectivity index (χ1n) is 8.67. The highest BCUT2D eigenvalue weighted by atomic mass is 16.5. The van der Waals surface area contributed by atoms with Crippen molar-refractivity contribution in [3.63, 3.8) is 0 Å². The Bertz CT molecular complexity index is 500. The van der Waals surface area contributed by atoms with E-state index in [9.17, 15) is 5.11 Å². The van der Waals surface area contributed by atoms with Crippen LogP contribution in [0.1, 0.15) is 44.8 Å². The summed E-state index contributed by atoms with van der Waals surface area (Å²) < 4.78 is 6.06. The van der Waals surface area contributed by atoms with Crippen LogP contribution in [-0.4, -0.2) is 37.4 Å². The molecule has 3 rings (SSSR count). The number of likely N-dealkylation sites (N-methyl/N-ethyl adjacent to an activating group) is 1. The van der Waals surface area contributed by atoms with Crippen LogP contribution in [0.2, 0.25) is 0 Å². The quantitative estimate of drug-likeness (QED) is 0.898. The third-order valence-corrected chi connectivity index (χ3v) is 5.00. The number of piperidine rings is 1. The molecule has 1 aromatic rings. The molecule has 0 spiro atoms. The van der Waals surface area contributed by atoms with E-state index in [4.69, 9.17) is 4.74 Å². The molecule has 22 heavy (non-hydrogen) atoms. The molecule has 0 bridgehead atoms. The Morgan fingerprint density at radius 1 is 1.41 bits per heavy atom. The van der Waals surface area contributed by atoms with Crippen LogP contribution in [0.25, 0.3) is 0 Å². The molecular weight excluding hydrogens is 276 g/mol. The number of aliphatic hydroxyl groups excluding tert-OH is 1. The van der Waals surface area contributed by atoms with Crippen LogP contribution in [0, 0.1) is 5.92 Å². The standard InChI is InChI=1S/C18H28N2O2/c1-3-15-12-20(4-2)16-10-13(7-8-17(16)22-15)18(21)14-6-5-9-19-11-14/h7-8,10,14-15,18-19,21H,3-6,9,11-12H2,1-2H3. The van der Waals surface area contributed by atoms with Gasteiger partial charge in [0.2, 0.25) is 0 Å². The summed E-state index contributed by atoms with van der Waals surface area (Å²) in [5.74, 6) is 1.27. The summed E-state index contributed by atoms with van der Waals surface area (Å²) in [7, 11) is 0. The molecule has 0 saturated carbocycles. The Balaban J connectivity index is 1.83. The zero-order valence-electron chi connectivity index (χ0n) is 13.7. The first-order chi connectivity index (χ1) is 10.7. The second-order valence-corrected chi connectivity index (χ2v) is 6.47. The molecule has 1 aromatic carbocycles. The Hall–Kier alpha value is -1.26. The van der Waals surface area contributed by atoms with Crippen molar-refractivity contribution in [2.75, 3.05) is 31.1 Å². The molecule has 2 aliphatic rings. The van der Waals surface area contributed by atoms with Crippen LogP contribution in [0.15, 0.2) is 18.2 Å². The number of nitrogens with one attached hydrogen (secondary N) is 1. The zero-order valence-corrected chi connectivity index (χ0v) is 13.7. The summed E-state index contributed by atoms with van der Waals surface area (Å²) in [5, 5.41) is 14.1. The molecule has 2 N–H and O–H groups in total. The highest BCUT2D eigenvalue weighted by molar-refractivity contribution is 5.62. The van der Waals surface area contributed by atoms with Crippen LogP contribution < -0.4 is 15.0 Å². The Kier molecular flexibility index (Phi) is 4.89. The SMILES string of the molecule is CCC1CN(CC)c2cc(C(O)C3CCCNC3)ccc2O1. The number of benzene rings is 1. The van der Waals surface area contributed by atoms with Crippen LogP contribution in [-0.2, 0) is 0 Å². The van der Waals surface area contributed by atoms with Crippen molar-refractivity contribution in [2.45, 2.75) is 45.3 Å². The van der Waals surface area contributed by atoms with Crippen molar-refractivity contribution in [3.8, 4) is 5.75 Å². The lowest BCUT2D eigenvalue weighted by Crippen LogP contribution is -2.39. The van der Waals surface area contributed by atoms with E-state index in [-0.39, 0.29) is 12.2 Å². The Morgan fingerprint density at radius 3 is 2.95 bits per heavy atom. The Labute approximate surface area is 133 Å². The van der Waals surface area contributed by atoms with Gasteiger partial charge in [0.05, 0.1) is 18.3 Å². The molecule has 0 radical (unpaired) electrons. The molecule has 0 aliphatic carbocycles. The fraction of sp³-hybridized carbons (Fsp3) is 0.667. The molecular formula is C18H28N2O2. The molecule has 4 heteroatoms.